The third-order valence-electron chi connectivity index (χ3n) is 6.18. The molecule has 0 aliphatic heterocycles. The lowest BCUT2D eigenvalue weighted by Gasteiger charge is -2.32. The molecule has 0 saturated carbocycles. The molecule has 1 atom stereocenters. The van der Waals surface area contributed by atoms with Gasteiger partial charge in [0.2, 0.25) is 11.8 Å². The molecule has 0 bridgehead atoms. The summed E-state index contributed by atoms with van der Waals surface area (Å²) in [7, 11) is -4.10. The van der Waals surface area contributed by atoms with E-state index in [-0.39, 0.29) is 23.4 Å². The fourth-order valence-corrected chi connectivity index (χ4v) is 5.75. The highest BCUT2D eigenvalue weighted by molar-refractivity contribution is 9.10. The van der Waals surface area contributed by atoms with Crippen LogP contribution in [0.3, 0.4) is 0 Å². The van der Waals surface area contributed by atoms with Crippen LogP contribution in [0.15, 0.2) is 82.2 Å². The number of rotatable bonds is 10. The average Bonchev–Trinajstić information content (AvgIpc) is 2.86. The normalized spacial score (nSPS) is 12.2. The van der Waals surface area contributed by atoms with Gasteiger partial charge in [0, 0.05) is 17.1 Å². The number of aryl methyl sites for hydroxylation is 2. The molecule has 1 unspecified atom stereocenters. The number of nitrogens with one attached hydrogen (secondary N) is 1. The third kappa shape index (κ3) is 7.23. The number of anilines is 1. The van der Waals surface area contributed by atoms with Gasteiger partial charge in [0.05, 0.1) is 10.6 Å². The van der Waals surface area contributed by atoms with Gasteiger partial charge in [-0.15, -0.1) is 0 Å². The van der Waals surface area contributed by atoms with E-state index in [1.165, 1.54) is 17.0 Å². The minimum atomic E-state index is -4.10. The van der Waals surface area contributed by atoms with Gasteiger partial charge in [-0.25, -0.2) is 8.42 Å². The zero-order valence-corrected chi connectivity index (χ0v) is 24.7. The Kier molecular flexibility index (Phi) is 9.73. The summed E-state index contributed by atoms with van der Waals surface area (Å²) >= 11 is 3.41. The van der Waals surface area contributed by atoms with Crippen molar-refractivity contribution in [1.82, 2.24) is 10.2 Å². The summed E-state index contributed by atoms with van der Waals surface area (Å²) in [5.74, 6) is -0.798. The van der Waals surface area contributed by atoms with Crippen molar-refractivity contribution in [3.63, 3.8) is 0 Å². The highest BCUT2D eigenvalue weighted by atomic mass is 79.9. The first-order valence-electron chi connectivity index (χ1n) is 12.4. The van der Waals surface area contributed by atoms with Crippen LogP contribution in [0.1, 0.15) is 37.5 Å². The van der Waals surface area contributed by atoms with Gasteiger partial charge in [-0.05, 0) is 76.1 Å². The van der Waals surface area contributed by atoms with E-state index in [2.05, 4.69) is 21.2 Å². The molecule has 3 aromatic carbocycles. The zero-order valence-electron chi connectivity index (χ0n) is 22.3. The van der Waals surface area contributed by atoms with Crippen molar-refractivity contribution in [2.24, 2.45) is 0 Å². The Hall–Kier alpha value is -3.17. The van der Waals surface area contributed by atoms with Crippen LogP contribution >= 0.6 is 15.9 Å². The van der Waals surface area contributed by atoms with E-state index < -0.39 is 28.5 Å². The number of halogens is 1. The van der Waals surface area contributed by atoms with Crippen LogP contribution in [-0.4, -0.2) is 43.8 Å². The predicted octanol–water partition coefficient (Wildman–Crippen LogP) is 5.20. The second-order valence-electron chi connectivity index (χ2n) is 9.59. The Morgan fingerprint density at radius 2 is 1.58 bits per heavy atom. The van der Waals surface area contributed by atoms with Gasteiger partial charge in [0.1, 0.15) is 12.6 Å². The van der Waals surface area contributed by atoms with Gasteiger partial charge in [0.25, 0.3) is 10.0 Å². The van der Waals surface area contributed by atoms with Crippen LogP contribution in [0, 0.1) is 13.8 Å². The molecule has 1 N–H and O–H groups in total. The Bertz CT molecular complexity index is 1390. The first kappa shape index (κ1) is 29.4. The van der Waals surface area contributed by atoms with E-state index in [1.807, 2.05) is 52.0 Å². The first-order valence-corrected chi connectivity index (χ1v) is 14.6. The van der Waals surface area contributed by atoms with Crippen molar-refractivity contribution in [1.29, 1.82) is 0 Å². The number of nitrogens with zero attached hydrogens (tertiary/aromatic N) is 2. The van der Waals surface area contributed by atoms with Gasteiger partial charge < -0.3 is 10.2 Å². The first-order chi connectivity index (χ1) is 17.9. The summed E-state index contributed by atoms with van der Waals surface area (Å²) in [6.45, 7) is 8.85. The van der Waals surface area contributed by atoms with E-state index in [4.69, 9.17) is 0 Å². The van der Waals surface area contributed by atoms with Crippen molar-refractivity contribution < 1.29 is 18.0 Å². The number of hydrogen-bond acceptors (Lipinski definition) is 4. The molecule has 0 fully saturated rings. The van der Waals surface area contributed by atoms with Gasteiger partial charge in [-0.1, -0.05) is 64.0 Å². The topological polar surface area (TPSA) is 86.8 Å². The molecule has 0 heterocycles. The number of hydrogen-bond donors (Lipinski definition) is 1. The summed E-state index contributed by atoms with van der Waals surface area (Å²) < 4.78 is 29.4. The molecule has 0 saturated heterocycles. The molecule has 0 aromatic heterocycles. The second-order valence-corrected chi connectivity index (χ2v) is 12.4. The lowest BCUT2D eigenvalue weighted by atomic mass is 10.1. The van der Waals surface area contributed by atoms with Crippen molar-refractivity contribution in [2.75, 3.05) is 10.8 Å². The molecule has 3 aromatic rings. The molecule has 0 radical (unpaired) electrons. The van der Waals surface area contributed by atoms with Crippen LogP contribution < -0.4 is 9.62 Å². The molecular weight excluding hydrogens is 566 g/mol. The maximum Gasteiger partial charge on any atom is 0.264 e. The van der Waals surface area contributed by atoms with E-state index in [0.29, 0.717) is 10.2 Å². The van der Waals surface area contributed by atoms with Crippen LogP contribution in [0.5, 0.6) is 0 Å². The maximum atomic E-state index is 13.9. The monoisotopic (exact) mass is 599 g/mol. The molecule has 0 spiro atoms. The molecule has 9 heteroatoms. The average molecular weight is 601 g/mol. The van der Waals surface area contributed by atoms with Crippen LogP contribution in [0.2, 0.25) is 0 Å². The Balaban J connectivity index is 2.04. The highest BCUT2D eigenvalue weighted by Gasteiger charge is 2.32. The largest absolute Gasteiger partial charge is 0.352 e. The number of carbonyl (C=O) groups is 2. The summed E-state index contributed by atoms with van der Waals surface area (Å²) in [5.41, 5.74) is 3.10. The van der Waals surface area contributed by atoms with E-state index in [9.17, 15) is 18.0 Å². The van der Waals surface area contributed by atoms with Crippen molar-refractivity contribution in [3.8, 4) is 0 Å². The predicted molar refractivity (Wildman–Crippen MR) is 154 cm³/mol. The lowest BCUT2D eigenvalue weighted by Crippen LogP contribution is -2.52. The minimum absolute atomic E-state index is 0.0759. The van der Waals surface area contributed by atoms with Gasteiger partial charge in [0.15, 0.2) is 0 Å². The smallest absolute Gasteiger partial charge is 0.264 e. The van der Waals surface area contributed by atoms with Gasteiger partial charge in [-0.3, -0.25) is 13.9 Å². The summed E-state index contributed by atoms with van der Waals surface area (Å²) in [5, 5.41) is 2.86. The fraction of sp³-hybridized carbons (Fsp3) is 0.310. The summed E-state index contributed by atoms with van der Waals surface area (Å²) in [6, 6.07) is 20.0. The van der Waals surface area contributed by atoms with Gasteiger partial charge >= 0.3 is 0 Å². The number of sulfonamides is 1. The third-order valence-corrected chi connectivity index (χ3v) is 8.47. The Morgan fingerprint density at radius 3 is 2.18 bits per heavy atom. The minimum Gasteiger partial charge on any atom is -0.352 e. The fourth-order valence-electron chi connectivity index (χ4n) is 3.96. The van der Waals surface area contributed by atoms with E-state index in [0.717, 1.165) is 21.0 Å². The van der Waals surface area contributed by atoms with Crippen molar-refractivity contribution in [3.05, 3.63) is 94.0 Å². The van der Waals surface area contributed by atoms with Crippen molar-refractivity contribution in [2.45, 2.75) is 58.1 Å². The van der Waals surface area contributed by atoms with Crippen LogP contribution in [-0.2, 0) is 26.2 Å². The molecular formula is C29H34BrN3O4S. The molecule has 7 nitrogen and oxygen atoms in total. The quantitative estimate of drug-likeness (QED) is 0.347. The Labute approximate surface area is 234 Å². The molecule has 3 rings (SSSR count). The molecule has 2 amide bonds. The lowest BCUT2D eigenvalue weighted by molar-refractivity contribution is -0.139. The van der Waals surface area contributed by atoms with E-state index >= 15 is 0 Å². The second kappa shape index (κ2) is 12.6. The zero-order chi connectivity index (χ0) is 28.0. The van der Waals surface area contributed by atoms with Crippen molar-refractivity contribution >= 4 is 43.5 Å². The number of carbonyl (C=O) groups excluding carboxylic acids is 2. The highest BCUT2D eigenvalue weighted by Crippen LogP contribution is 2.27. The summed E-state index contributed by atoms with van der Waals surface area (Å²) in [6.07, 6.45) is 0. The molecule has 0 aliphatic rings. The number of benzene rings is 3. The molecule has 38 heavy (non-hydrogen) atoms. The standard InChI is InChI=1S/C29H34BrN3O4S/c1-20(2)31-29(35)23(5)32(18-24-10-7-6-9-22(24)4)28(34)19-33(26-12-8-11-25(30)17-26)38(36,37)27-15-13-21(3)14-16-27/h6-17,20,23H,18-19H2,1-5H3,(H,31,35). The van der Waals surface area contributed by atoms with Crippen LogP contribution in [0.4, 0.5) is 5.69 Å². The van der Waals surface area contributed by atoms with Crippen LogP contribution in [0.25, 0.3) is 0 Å². The molecule has 0 aliphatic carbocycles. The van der Waals surface area contributed by atoms with E-state index in [1.54, 1.807) is 43.3 Å². The SMILES string of the molecule is Cc1ccc(S(=O)(=O)N(CC(=O)N(Cc2ccccc2C)C(C)C(=O)NC(C)C)c2cccc(Br)c2)cc1. The molecule has 202 valence electrons. The Morgan fingerprint density at radius 1 is 0.921 bits per heavy atom. The van der Waals surface area contributed by atoms with Gasteiger partial charge in [-0.2, -0.15) is 0 Å². The summed E-state index contributed by atoms with van der Waals surface area (Å²) in [4.78, 5) is 28.4. The number of amides is 2. The maximum absolute atomic E-state index is 13.9.